The first-order valence-electron chi connectivity index (χ1n) is 9.21. The Labute approximate surface area is 161 Å². The van der Waals surface area contributed by atoms with E-state index in [-0.39, 0.29) is 42.6 Å². The van der Waals surface area contributed by atoms with E-state index in [1.54, 1.807) is 24.3 Å². The third kappa shape index (κ3) is 3.53. The number of hydrogen-bond donors (Lipinski definition) is 3. The summed E-state index contributed by atoms with van der Waals surface area (Å²) in [6, 6.07) is 6.59. The molecule has 1 aromatic carbocycles. The molecule has 0 bridgehead atoms. The number of imide groups is 1. The summed E-state index contributed by atoms with van der Waals surface area (Å²) in [5.74, 6) is 0.269. The molecule has 146 valence electrons. The van der Waals surface area contributed by atoms with Gasteiger partial charge >= 0.3 is 0 Å². The van der Waals surface area contributed by atoms with Crippen LogP contribution in [-0.4, -0.2) is 52.0 Å². The lowest BCUT2D eigenvalue weighted by Gasteiger charge is -2.31. The number of piperidine rings is 1. The van der Waals surface area contributed by atoms with Crippen molar-refractivity contribution in [1.29, 1.82) is 0 Å². The van der Waals surface area contributed by atoms with Gasteiger partial charge in [-0.3, -0.25) is 19.3 Å². The van der Waals surface area contributed by atoms with Crippen LogP contribution in [0.5, 0.6) is 0 Å². The molecule has 3 amide bonds. The molecular formula is C18H21N7O3. The Hall–Kier alpha value is -3.43. The molecule has 0 saturated carbocycles. The molecule has 0 atom stereocenters. The number of carbonyl (C=O) groups excluding carboxylic acids is 3. The molecule has 2 fully saturated rings. The summed E-state index contributed by atoms with van der Waals surface area (Å²) >= 11 is 0. The van der Waals surface area contributed by atoms with Crippen LogP contribution in [0, 0.1) is 0 Å². The number of aromatic amines is 1. The maximum Gasteiger partial charge on any atom is 0.251 e. The first kappa shape index (κ1) is 18.0. The Balaban J connectivity index is 1.33. The zero-order chi connectivity index (χ0) is 19.7. The molecule has 0 unspecified atom stereocenters. The van der Waals surface area contributed by atoms with E-state index < -0.39 is 0 Å². The average Bonchev–Trinajstić information content (AvgIpc) is 3.28. The van der Waals surface area contributed by atoms with Crippen molar-refractivity contribution in [3.05, 3.63) is 29.8 Å². The highest BCUT2D eigenvalue weighted by molar-refractivity contribution is 6.19. The smallest absolute Gasteiger partial charge is 0.251 e. The van der Waals surface area contributed by atoms with Gasteiger partial charge in [0.05, 0.1) is 5.69 Å². The zero-order valence-corrected chi connectivity index (χ0v) is 15.2. The van der Waals surface area contributed by atoms with Crippen LogP contribution < -0.4 is 20.9 Å². The van der Waals surface area contributed by atoms with Gasteiger partial charge in [0, 0.05) is 37.5 Å². The number of nitrogens with zero attached hydrogens (tertiary/aromatic N) is 4. The topological polar surface area (TPSA) is 137 Å². The van der Waals surface area contributed by atoms with E-state index in [4.69, 9.17) is 5.73 Å². The molecule has 4 rings (SSSR count). The van der Waals surface area contributed by atoms with E-state index in [1.807, 2.05) is 4.90 Å². The van der Waals surface area contributed by atoms with Crippen LogP contribution in [0.1, 0.15) is 36.0 Å². The maximum atomic E-state index is 12.5. The average molecular weight is 383 g/mol. The number of hydrogen-bond acceptors (Lipinski definition) is 7. The third-order valence-electron chi connectivity index (χ3n) is 5.04. The molecule has 0 radical (unpaired) electrons. The minimum atomic E-state index is -0.206. The molecule has 0 aliphatic carbocycles. The summed E-state index contributed by atoms with van der Waals surface area (Å²) in [6.07, 6.45) is 2.02. The van der Waals surface area contributed by atoms with Crippen LogP contribution in [0.2, 0.25) is 0 Å². The number of carbonyl (C=O) groups is 3. The third-order valence-corrected chi connectivity index (χ3v) is 5.04. The molecule has 4 N–H and O–H groups in total. The van der Waals surface area contributed by atoms with E-state index in [0.29, 0.717) is 17.2 Å². The minimum Gasteiger partial charge on any atom is -0.368 e. The fraction of sp³-hybridized carbons (Fsp3) is 0.389. The summed E-state index contributed by atoms with van der Waals surface area (Å²) < 4.78 is 0. The van der Waals surface area contributed by atoms with Crippen molar-refractivity contribution >= 4 is 35.3 Å². The monoisotopic (exact) mass is 383 g/mol. The van der Waals surface area contributed by atoms with Crippen LogP contribution in [-0.2, 0) is 9.59 Å². The zero-order valence-electron chi connectivity index (χ0n) is 15.2. The van der Waals surface area contributed by atoms with Crippen molar-refractivity contribution in [1.82, 2.24) is 20.5 Å². The van der Waals surface area contributed by atoms with Gasteiger partial charge in [-0.05, 0) is 37.1 Å². The van der Waals surface area contributed by atoms with Crippen molar-refractivity contribution < 1.29 is 14.4 Å². The van der Waals surface area contributed by atoms with Crippen molar-refractivity contribution in [2.45, 2.75) is 31.7 Å². The minimum absolute atomic E-state index is 0.0569. The van der Waals surface area contributed by atoms with Gasteiger partial charge in [-0.1, -0.05) is 0 Å². The highest BCUT2D eigenvalue weighted by atomic mass is 16.2. The van der Waals surface area contributed by atoms with Crippen molar-refractivity contribution in [2.75, 3.05) is 28.6 Å². The number of nitrogens with two attached hydrogens (primary N) is 1. The van der Waals surface area contributed by atoms with Crippen LogP contribution in [0.25, 0.3) is 0 Å². The quantitative estimate of drug-likeness (QED) is 0.651. The summed E-state index contributed by atoms with van der Waals surface area (Å²) in [6.45, 7) is 1.45. The van der Waals surface area contributed by atoms with Crippen LogP contribution in [0.15, 0.2) is 24.3 Å². The first-order valence-corrected chi connectivity index (χ1v) is 9.21. The second kappa shape index (κ2) is 7.29. The van der Waals surface area contributed by atoms with Gasteiger partial charge in [-0.25, -0.2) is 5.10 Å². The second-order valence-electron chi connectivity index (χ2n) is 6.93. The van der Waals surface area contributed by atoms with E-state index >= 15 is 0 Å². The van der Waals surface area contributed by atoms with Gasteiger partial charge < -0.3 is 16.0 Å². The fourth-order valence-electron chi connectivity index (χ4n) is 3.53. The van der Waals surface area contributed by atoms with Crippen LogP contribution in [0.3, 0.4) is 0 Å². The Bertz CT molecular complexity index is 884. The SMILES string of the molecule is Nc1nc(N2CCC(NC(=O)c3ccc(N4C(=O)CCC4=O)cc3)CC2)n[nH]1. The van der Waals surface area contributed by atoms with Crippen LogP contribution in [0.4, 0.5) is 17.6 Å². The standard InChI is InChI=1S/C18H21N7O3/c19-17-21-18(23-22-17)24-9-7-12(8-10-24)20-16(28)11-1-3-13(4-2-11)25-14(26)5-6-15(25)27/h1-4,12H,5-10H2,(H,20,28)(H3,19,21,22,23). The first-order chi connectivity index (χ1) is 13.5. The Morgan fingerprint density at radius 2 is 1.75 bits per heavy atom. The van der Waals surface area contributed by atoms with E-state index in [2.05, 4.69) is 20.5 Å². The van der Waals surface area contributed by atoms with Gasteiger partial charge in [0.25, 0.3) is 5.91 Å². The summed E-state index contributed by atoms with van der Waals surface area (Å²) in [7, 11) is 0. The number of aromatic nitrogens is 3. The van der Waals surface area contributed by atoms with Gasteiger partial charge in [0.1, 0.15) is 0 Å². The predicted molar refractivity (Wildman–Crippen MR) is 102 cm³/mol. The van der Waals surface area contributed by atoms with E-state index in [0.717, 1.165) is 25.9 Å². The molecule has 0 spiro atoms. The molecule has 1 aromatic heterocycles. The van der Waals surface area contributed by atoms with E-state index in [1.165, 1.54) is 4.90 Å². The molecule has 2 saturated heterocycles. The molecule has 3 heterocycles. The highest BCUT2D eigenvalue weighted by Crippen LogP contribution is 2.23. The van der Waals surface area contributed by atoms with Gasteiger partial charge in [0.15, 0.2) is 0 Å². The molecule has 2 aromatic rings. The number of H-pyrrole nitrogens is 1. The normalized spacial score (nSPS) is 18.0. The number of nitrogens with one attached hydrogen (secondary N) is 2. The van der Waals surface area contributed by atoms with Crippen LogP contribution >= 0.6 is 0 Å². The Morgan fingerprint density at radius 1 is 1.11 bits per heavy atom. The maximum absolute atomic E-state index is 12.5. The second-order valence-corrected chi connectivity index (χ2v) is 6.93. The Morgan fingerprint density at radius 3 is 2.32 bits per heavy atom. The molecule has 2 aliphatic rings. The molecule has 28 heavy (non-hydrogen) atoms. The summed E-state index contributed by atoms with van der Waals surface area (Å²) in [5, 5.41) is 9.70. The number of rotatable bonds is 4. The van der Waals surface area contributed by atoms with Gasteiger partial charge in [-0.15, -0.1) is 5.10 Å². The number of anilines is 3. The van der Waals surface area contributed by atoms with Crippen molar-refractivity contribution in [2.24, 2.45) is 0 Å². The fourth-order valence-corrected chi connectivity index (χ4v) is 3.53. The van der Waals surface area contributed by atoms with Crippen molar-refractivity contribution in [3.63, 3.8) is 0 Å². The predicted octanol–water partition coefficient (Wildman–Crippen LogP) is 0.439. The molecule has 10 heteroatoms. The van der Waals surface area contributed by atoms with Gasteiger partial charge in [0.2, 0.25) is 23.7 Å². The number of benzene rings is 1. The lowest BCUT2D eigenvalue weighted by molar-refractivity contribution is -0.121. The molecule has 10 nitrogen and oxygen atoms in total. The summed E-state index contributed by atoms with van der Waals surface area (Å²) in [5.41, 5.74) is 6.55. The largest absolute Gasteiger partial charge is 0.368 e. The lowest BCUT2D eigenvalue weighted by Crippen LogP contribution is -2.45. The van der Waals surface area contributed by atoms with Gasteiger partial charge in [-0.2, -0.15) is 4.98 Å². The molecule has 2 aliphatic heterocycles. The highest BCUT2D eigenvalue weighted by Gasteiger charge is 2.30. The number of amides is 3. The Kier molecular flexibility index (Phi) is 4.68. The molecular weight excluding hydrogens is 362 g/mol. The number of nitrogen functional groups attached to an aromatic ring is 1. The summed E-state index contributed by atoms with van der Waals surface area (Å²) in [4.78, 5) is 43.4. The lowest BCUT2D eigenvalue weighted by atomic mass is 10.0. The van der Waals surface area contributed by atoms with E-state index in [9.17, 15) is 14.4 Å². The van der Waals surface area contributed by atoms with Crippen molar-refractivity contribution in [3.8, 4) is 0 Å².